The van der Waals surface area contributed by atoms with Crippen molar-refractivity contribution in [1.82, 2.24) is 0 Å². The zero-order chi connectivity index (χ0) is 12.3. The van der Waals surface area contributed by atoms with Gasteiger partial charge >= 0.3 is 0 Å². The van der Waals surface area contributed by atoms with E-state index < -0.39 is 0 Å². The Morgan fingerprint density at radius 1 is 1.18 bits per heavy atom. The van der Waals surface area contributed by atoms with Crippen LogP contribution in [0.1, 0.15) is 11.1 Å². The molecule has 0 bridgehead atoms. The molecule has 0 fully saturated rings. The predicted octanol–water partition coefficient (Wildman–Crippen LogP) is 4.42. The average Bonchev–Trinajstić information content (AvgIpc) is 2.31. The third kappa shape index (κ3) is 2.86. The number of halogens is 1. The van der Waals surface area contributed by atoms with Crippen molar-refractivity contribution in [2.45, 2.75) is 6.92 Å². The van der Waals surface area contributed by atoms with Gasteiger partial charge in [-0.05, 0) is 36.8 Å². The molecule has 0 saturated carbocycles. The van der Waals surface area contributed by atoms with Crippen LogP contribution in [-0.2, 0) is 0 Å². The van der Waals surface area contributed by atoms with E-state index in [2.05, 4.69) is 22.0 Å². The maximum absolute atomic E-state index is 8.88. The number of nitriles is 1. The van der Waals surface area contributed by atoms with Gasteiger partial charge in [-0.3, -0.25) is 0 Å². The normalized spacial score (nSPS) is 9.71. The fourth-order valence-electron chi connectivity index (χ4n) is 1.48. The monoisotopic (exact) mass is 287 g/mol. The molecule has 2 nitrogen and oxygen atoms in total. The van der Waals surface area contributed by atoms with E-state index in [1.165, 1.54) is 0 Å². The molecule has 0 aromatic heterocycles. The van der Waals surface area contributed by atoms with E-state index in [0.29, 0.717) is 11.3 Å². The van der Waals surface area contributed by atoms with Crippen LogP contribution >= 0.6 is 15.9 Å². The minimum absolute atomic E-state index is 0.572. The Kier molecular flexibility index (Phi) is 3.46. The number of para-hydroxylation sites is 1. The van der Waals surface area contributed by atoms with Crippen LogP contribution in [0, 0.1) is 18.3 Å². The van der Waals surface area contributed by atoms with Gasteiger partial charge in [0.1, 0.15) is 11.5 Å². The molecule has 0 amide bonds. The van der Waals surface area contributed by atoms with Gasteiger partial charge in [0, 0.05) is 4.47 Å². The Balaban J connectivity index is 2.34. The van der Waals surface area contributed by atoms with Crippen LogP contribution in [-0.4, -0.2) is 0 Å². The van der Waals surface area contributed by atoms with Crippen molar-refractivity contribution in [3.63, 3.8) is 0 Å². The van der Waals surface area contributed by atoms with Gasteiger partial charge in [-0.1, -0.05) is 34.1 Å². The first-order valence-corrected chi connectivity index (χ1v) is 5.92. The molecule has 3 heteroatoms. The van der Waals surface area contributed by atoms with Gasteiger partial charge in [0.25, 0.3) is 0 Å². The van der Waals surface area contributed by atoms with Crippen LogP contribution in [0.3, 0.4) is 0 Å². The lowest BCUT2D eigenvalue weighted by molar-refractivity contribution is 0.478. The standard InChI is InChI=1S/C14H10BrNO/c1-10-4-2-3-5-14(10)17-13-7-11(9-16)6-12(15)8-13/h2-8H,1H3. The Hall–Kier alpha value is -1.79. The van der Waals surface area contributed by atoms with Crippen molar-refractivity contribution in [1.29, 1.82) is 5.26 Å². The third-order valence-electron chi connectivity index (χ3n) is 2.32. The van der Waals surface area contributed by atoms with Gasteiger partial charge < -0.3 is 4.74 Å². The number of hydrogen-bond donors (Lipinski definition) is 0. The van der Waals surface area contributed by atoms with Gasteiger partial charge in [-0.25, -0.2) is 0 Å². The van der Waals surface area contributed by atoms with Crippen LogP contribution in [0.4, 0.5) is 0 Å². The number of aryl methyl sites for hydroxylation is 1. The smallest absolute Gasteiger partial charge is 0.130 e. The molecule has 84 valence electrons. The zero-order valence-corrected chi connectivity index (χ0v) is 10.9. The number of rotatable bonds is 2. The van der Waals surface area contributed by atoms with Gasteiger partial charge in [0.2, 0.25) is 0 Å². The van der Waals surface area contributed by atoms with E-state index in [0.717, 1.165) is 15.8 Å². The van der Waals surface area contributed by atoms with Gasteiger partial charge in [0.05, 0.1) is 11.6 Å². The quantitative estimate of drug-likeness (QED) is 0.819. The summed E-state index contributed by atoms with van der Waals surface area (Å²) in [5, 5.41) is 8.88. The van der Waals surface area contributed by atoms with E-state index >= 15 is 0 Å². The van der Waals surface area contributed by atoms with Crippen molar-refractivity contribution in [3.05, 3.63) is 58.1 Å². The summed E-state index contributed by atoms with van der Waals surface area (Å²) in [7, 11) is 0. The van der Waals surface area contributed by atoms with E-state index in [1.807, 2.05) is 37.3 Å². The highest BCUT2D eigenvalue weighted by Crippen LogP contribution is 2.28. The molecule has 0 aliphatic carbocycles. The molecule has 0 aliphatic rings. The summed E-state index contributed by atoms with van der Waals surface area (Å²) < 4.78 is 6.58. The molecule has 0 aliphatic heterocycles. The van der Waals surface area contributed by atoms with Crippen LogP contribution in [0.2, 0.25) is 0 Å². The van der Waals surface area contributed by atoms with Gasteiger partial charge in [-0.15, -0.1) is 0 Å². The van der Waals surface area contributed by atoms with Crippen LogP contribution < -0.4 is 4.74 Å². The Labute approximate surface area is 109 Å². The number of ether oxygens (including phenoxy) is 1. The lowest BCUT2D eigenvalue weighted by atomic mass is 10.2. The summed E-state index contributed by atoms with van der Waals surface area (Å²) >= 11 is 3.35. The zero-order valence-electron chi connectivity index (χ0n) is 9.27. The summed E-state index contributed by atoms with van der Waals surface area (Å²) in [6.07, 6.45) is 0. The highest BCUT2D eigenvalue weighted by molar-refractivity contribution is 9.10. The summed E-state index contributed by atoms with van der Waals surface area (Å²) in [6, 6.07) is 15.2. The van der Waals surface area contributed by atoms with Crippen LogP contribution in [0.15, 0.2) is 46.9 Å². The number of nitrogens with zero attached hydrogens (tertiary/aromatic N) is 1. The highest BCUT2D eigenvalue weighted by Gasteiger charge is 2.03. The molecule has 0 atom stereocenters. The van der Waals surface area contributed by atoms with E-state index in [4.69, 9.17) is 10.00 Å². The van der Waals surface area contributed by atoms with E-state index in [9.17, 15) is 0 Å². The largest absolute Gasteiger partial charge is 0.457 e. The van der Waals surface area contributed by atoms with Gasteiger partial charge in [-0.2, -0.15) is 5.26 Å². The van der Waals surface area contributed by atoms with E-state index in [1.54, 1.807) is 12.1 Å². The maximum Gasteiger partial charge on any atom is 0.130 e. The van der Waals surface area contributed by atoms with Crippen molar-refractivity contribution >= 4 is 15.9 Å². The summed E-state index contributed by atoms with van der Waals surface area (Å²) in [6.45, 7) is 1.98. The first-order valence-electron chi connectivity index (χ1n) is 5.13. The van der Waals surface area contributed by atoms with E-state index in [-0.39, 0.29) is 0 Å². The molecule has 17 heavy (non-hydrogen) atoms. The second kappa shape index (κ2) is 5.03. The summed E-state index contributed by atoms with van der Waals surface area (Å²) in [5.74, 6) is 1.46. The van der Waals surface area contributed by atoms with Crippen molar-refractivity contribution in [2.24, 2.45) is 0 Å². The third-order valence-corrected chi connectivity index (χ3v) is 2.78. The Morgan fingerprint density at radius 3 is 2.65 bits per heavy atom. The number of benzene rings is 2. The lowest BCUT2D eigenvalue weighted by Crippen LogP contribution is -1.88. The maximum atomic E-state index is 8.88. The minimum Gasteiger partial charge on any atom is -0.457 e. The molecule has 0 unspecified atom stereocenters. The fourth-order valence-corrected chi connectivity index (χ4v) is 1.96. The van der Waals surface area contributed by atoms with Crippen LogP contribution in [0.25, 0.3) is 0 Å². The molecule has 2 rings (SSSR count). The van der Waals surface area contributed by atoms with Crippen LogP contribution in [0.5, 0.6) is 11.5 Å². The molecule has 0 spiro atoms. The van der Waals surface area contributed by atoms with Crippen molar-refractivity contribution in [2.75, 3.05) is 0 Å². The lowest BCUT2D eigenvalue weighted by Gasteiger charge is -2.08. The van der Waals surface area contributed by atoms with Gasteiger partial charge in [0.15, 0.2) is 0 Å². The molecule has 0 heterocycles. The van der Waals surface area contributed by atoms with Crippen molar-refractivity contribution < 1.29 is 4.74 Å². The molecule has 0 N–H and O–H groups in total. The second-order valence-corrected chi connectivity index (χ2v) is 4.57. The number of hydrogen-bond acceptors (Lipinski definition) is 2. The Morgan fingerprint density at radius 2 is 1.94 bits per heavy atom. The molecule has 0 radical (unpaired) electrons. The molecule has 2 aromatic rings. The average molecular weight is 288 g/mol. The van der Waals surface area contributed by atoms with Crippen molar-refractivity contribution in [3.8, 4) is 17.6 Å². The predicted molar refractivity (Wildman–Crippen MR) is 70.1 cm³/mol. The molecular formula is C14H10BrNO. The molecule has 0 saturated heterocycles. The topological polar surface area (TPSA) is 33.0 Å². The Bertz CT molecular complexity index is 587. The minimum atomic E-state index is 0.572. The first kappa shape index (κ1) is 11.7. The summed E-state index contributed by atoms with van der Waals surface area (Å²) in [5.41, 5.74) is 1.63. The molecule has 2 aromatic carbocycles. The molecular weight excluding hydrogens is 278 g/mol. The highest BCUT2D eigenvalue weighted by atomic mass is 79.9. The summed E-state index contributed by atoms with van der Waals surface area (Å²) in [4.78, 5) is 0. The first-order chi connectivity index (χ1) is 8.19. The second-order valence-electron chi connectivity index (χ2n) is 3.65. The SMILES string of the molecule is Cc1ccccc1Oc1cc(Br)cc(C#N)c1. The fraction of sp³-hybridized carbons (Fsp3) is 0.0714.